The van der Waals surface area contributed by atoms with E-state index < -0.39 is 0 Å². The number of hydrogen-bond donors (Lipinski definition) is 0. The summed E-state index contributed by atoms with van der Waals surface area (Å²) in [5.74, 6) is 15.0. The van der Waals surface area contributed by atoms with Crippen LogP contribution in [0, 0.1) is 23.7 Å². The fraction of sp³-hybridized carbons (Fsp3) is 0.0526. The van der Waals surface area contributed by atoms with Gasteiger partial charge in [0.25, 0.3) is 0 Å². The van der Waals surface area contributed by atoms with E-state index in [0.717, 1.165) is 66.4 Å². The average molecular weight is 513 g/mol. The predicted octanol–water partition coefficient (Wildman–Crippen LogP) is 8.23. The third-order valence-corrected chi connectivity index (χ3v) is 7.06. The molecule has 0 N–H and O–H groups in total. The highest BCUT2D eigenvalue weighted by Gasteiger charge is 2.21. The Morgan fingerprint density at radius 3 is 1.25 bits per heavy atom. The molecule has 188 valence electrons. The molecule has 6 aromatic rings. The Balaban J connectivity index is 1.44. The highest BCUT2D eigenvalue weighted by molar-refractivity contribution is 6.10. The van der Waals surface area contributed by atoms with Crippen LogP contribution >= 0.6 is 0 Å². The van der Waals surface area contributed by atoms with E-state index in [-0.39, 0.29) is 0 Å². The van der Waals surface area contributed by atoms with Gasteiger partial charge in [-0.2, -0.15) is 0 Å². The molecule has 1 aliphatic rings. The van der Waals surface area contributed by atoms with Crippen molar-refractivity contribution in [1.29, 1.82) is 0 Å². The minimum absolute atomic E-state index is 0.478. The van der Waals surface area contributed by atoms with Gasteiger partial charge in [-0.15, -0.1) is 0 Å². The van der Waals surface area contributed by atoms with Gasteiger partial charge >= 0.3 is 0 Å². The van der Waals surface area contributed by atoms with Crippen LogP contribution in [0.4, 0.5) is 0 Å². The maximum absolute atomic E-state index is 6.26. The Morgan fingerprint density at radius 2 is 0.800 bits per heavy atom. The van der Waals surface area contributed by atoms with Gasteiger partial charge in [-0.25, -0.2) is 0 Å². The monoisotopic (exact) mass is 512 g/mol. The second kappa shape index (κ2) is 10.4. The van der Waals surface area contributed by atoms with Crippen molar-refractivity contribution in [3.63, 3.8) is 0 Å². The fourth-order valence-corrected chi connectivity index (χ4v) is 5.15. The Morgan fingerprint density at radius 1 is 0.400 bits per heavy atom. The van der Waals surface area contributed by atoms with E-state index in [1.54, 1.807) is 0 Å². The summed E-state index contributed by atoms with van der Waals surface area (Å²) in [7, 11) is 0. The minimum Gasteiger partial charge on any atom is -0.489 e. The van der Waals surface area contributed by atoms with E-state index in [0.29, 0.717) is 13.2 Å². The molecule has 0 amide bonds. The highest BCUT2D eigenvalue weighted by atomic mass is 16.5. The molecular weight excluding hydrogens is 488 g/mol. The molecular formula is C38H24O2. The summed E-state index contributed by atoms with van der Waals surface area (Å²) in [4.78, 5) is 0. The van der Waals surface area contributed by atoms with Crippen LogP contribution < -0.4 is 9.47 Å². The van der Waals surface area contributed by atoms with Gasteiger partial charge in [-0.3, -0.25) is 0 Å². The number of hydrogen-bond acceptors (Lipinski definition) is 2. The molecule has 0 aromatic heterocycles. The maximum Gasteiger partial charge on any atom is 0.128 e. The molecule has 0 radical (unpaired) electrons. The molecule has 2 nitrogen and oxygen atoms in total. The molecule has 0 atom stereocenters. The molecule has 6 aromatic carbocycles. The topological polar surface area (TPSA) is 18.5 Å². The first kappa shape index (κ1) is 23.7. The van der Waals surface area contributed by atoms with Crippen molar-refractivity contribution in [2.75, 3.05) is 13.2 Å². The summed E-state index contributed by atoms with van der Waals surface area (Å²) in [6.45, 7) is 0.957. The lowest BCUT2D eigenvalue weighted by molar-refractivity contribution is 0.215. The molecule has 1 aliphatic heterocycles. The van der Waals surface area contributed by atoms with E-state index in [4.69, 9.17) is 9.47 Å². The molecule has 0 unspecified atom stereocenters. The number of fused-ring (bicyclic) bond motifs is 7. The summed E-state index contributed by atoms with van der Waals surface area (Å²) in [5.41, 5.74) is 5.92. The molecule has 0 spiro atoms. The Kier molecular flexibility index (Phi) is 6.14. The van der Waals surface area contributed by atoms with Gasteiger partial charge in [-0.1, -0.05) is 84.3 Å². The molecule has 0 bridgehead atoms. The van der Waals surface area contributed by atoms with E-state index in [9.17, 15) is 0 Å². The third-order valence-electron chi connectivity index (χ3n) is 7.06. The predicted molar refractivity (Wildman–Crippen MR) is 163 cm³/mol. The summed E-state index contributed by atoms with van der Waals surface area (Å²) in [5, 5.41) is 4.40. The SMILES string of the molecule is C(#Cc1ccc2ccc3c(c2c1)-c1c(ccc2ccc(C#Cc4ccccc4)cc12)OCCO3)c1ccccc1. The maximum atomic E-state index is 6.26. The zero-order valence-corrected chi connectivity index (χ0v) is 21.8. The molecule has 7 rings (SSSR count). The van der Waals surface area contributed by atoms with Gasteiger partial charge in [0.1, 0.15) is 24.7 Å². The zero-order valence-electron chi connectivity index (χ0n) is 21.8. The van der Waals surface area contributed by atoms with Crippen molar-refractivity contribution < 1.29 is 9.47 Å². The summed E-state index contributed by atoms with van der Waals surface area (Å²) in [6, 6.07) is 41.2. The smallest absolute Gasteiger partial charge is 0.128 e. The highest BCUT2D eigenvalue weighted by Crippen LogP contribution is 2.46. The fourth-order valence-electron chi connectivity index (χ4n) is 5.15. The van der Waals surface area contributed by atoms with Crippen LogP contribution in [0.3, 0.4) is 0 Å². The molecule has 2 heteroatoms. The van der Waals surface area contributed by atoms with Crippen molar-refractivity contribution in [3.05, 3.63) is 144 Å². The standard InChI is InChI=1S/C38H24O2/c1-3-7-27(8-4-1)11-13-29-15-17-31-19-21-35-37(33(31)25-29)38-34-26-30(14-12-28-9-5-2-6-10-28)16-18-32(34)20-22-36(38)40-24-23-39-35/h1-10,15-22,25-26H,23-24H2. The third kappa shape index (κ3) is 4.64. The van der Waals surface area contributed by atoms with Gasteiger partial charge in [0.05, 0.1) is 0 Å². The quantitative estimate of drug-likeness (QED) is 0.191. The van der Waals surface area contributed by atoms with Crippen molar-refractivity contribution in [2.24, 2.45) is 0 Å². The zero-order chi connectivity index (χ0) is 26.7. The van der Waals surface area contributed by atoms with Crippen LogP contribution in [0.5, 0.6) is 11.5 Å². The Labute approximate surface area is 233 Å². The molecule has 0 saturated heterocycles. The van der Waals surface area contributed by atoms with Crippen molar-refractivity contribution in [2.45, 2.75) is 0 Å². The molecule has 0 fully saturated rings. The molecule has 0 saturated carbocycles. The van der Waals surface area contributed by atoms with Crippen LogP contribution in [-0.4, -0.2) is 13.2 Å². The van der Waals surface area contributed by atoms with Gasteiger partial charge in [0.2, 0.25) is 0 Å². The normalized spacial score (nSPS) is 11.8. The van der Waals surface area contributed by atoms with Crippen LogP contribution in [0.1, 0.15) is 22.3 Å². The first-order chi connectivity index (χ1) is 19.8. The average Bonchev–Trinajstić information content (AvgIpc) is 3.00. The van der Waals surface area contributed by atoms with Gasteiger partial charge < -0.3 is 9.47 Å². The van der Waals surface area contributed by atoms with Crippen LogP contribution in [0.15, 0.2) is 121 Å². The molecule has 40 heavy (non-hydrogen) atoms. The Bertz CT molecular complexity index is 1850. The second-order valence-electron chi connectivity index (χ2n) is 9.68. The van der Waals surface area contributed by atoms with Crippen LogP contribution in [0.25, 0.3) is 32.7 Å². The number of rotatable bonds is 0. The molecule has 0 aliphatic carbocycles. The van der Waals surface area contributed by atoms with Crippen LogP contribution in [0.2, 0.25) is 0 Å². The summed E-state index contributed by atoms with van der Waals surface area (Å²) in [6.07, 6.45) is 0. The van der Waals surface area contributed by atoms with Crippen LogP contribution in [-0.2, 0) is 0 Å². The first-order valence-corrected chi connectivity index (χ1v) is 13.4. The second-order valence-corrected chi connectivity index (χ2v) is 9.68. The largest absolute Gasteiger partial charge is 0.489 e. The van der Waals surface area contributed by atoms with Crippen molar-refractivity contribution in [1.82, 2.24) is 0 Å². The van der Waals surface area contributed by atoms with E-state index in [1.807, 2.05) is 60.7 Å². The van der Waals surface area contributed by atoms with Gasteiger partial charge in [0.15, 0.2) is 0 Å². The lowest BCUT2D eigenvalue weighted by Crippen LogP contribution is -2.13. The van der Waals surface area contributed by atoms with Gasteiger partial charge in [-0.05, 0) is 82.2 Å². The lowest BCUT2D eigenvalue weighted by atomic mass is 9.90. The van der Waals surface area contributed by atoms with Crippen molar-refractivity contribution in [3.8, 4) is 46.3 Å². The van der Waals surface area contributed by atoms with E-state index in [1.165, 1.54) is 0 Å². The first-order valence-electron chi connectivity index (χ1n) is 13.4. The number of ether oxygens (including phenoxy) is 2. The summed E-state index contributed by atoms with van der Waals surface area (Å²) < 4.78 is 12.5. The summed E-state index contributed by atoms with van der Waals surface area (Å²) >= 11 is 0. The van der Waals surface area contributed by atoms with E-state index >= 15 is 0 Å². The molecule has 1 heterocycles. The Hall–Kier alpha value is -5.44. The lowest BCUT2D eigenvalue weighted by Gasteiger charge is -2.22. The van der Waals surface area contributed by atoms with E-state index in [2.05, 4.69) is 84.3 Å². The number of benzene rings is 6. The van der Waals surface area contributed by atoms with Gasteiger partial charge in [0, 0.05) is 33.4 Å². The van der Waals surface area contributed by atoms with Crippen molar-refractivity contribution >= 4 is 21.5 Å². The minimum atomic E-state index is 0.478.